The Bertz CT molecular complexity index is 1050. The molecule has 2 aromatic rings. The summed E-state index contributed by atoms with van der Waals surface area (Å²) >= 11 is 0. The number of amides is 4. The van der Waals surface area contributed by atoms with Gasteiger partial charge in [-0.2, -0.15) is 18.3 Å². The lowest BCUT2D eigenvalue weighted by Crippen LogP contribution is -2.46. The normalized spacial score (nSPS) is 14.2. The number of nitrogens with zero attached hydrogens (tertiary/aromatic N) is 3. The summed E-state index contributed by atoms with van der Waals surface area (Å²) in [6.45, 7) is 0.987. The van der Waals surface area contributed by atoms with Crippen LogP contribution in [-0.4, -0.2) is 39.2 Å². The topological polar surface area (TPSA) is 113 Å². The molecule has 0 spiro atoms. The van der Waals surface area contributed by atoms with E-state index >= 15 is 0 Å². The molecule has 9 nitrogen and oxygen atoms in total. The highest BCUT2D eigenvalue weighted by Crippen LogP contribution is 2.30. The average Bonchev–Trinajstić information content (AvgIpc) is 2.91. The minimum atomic E-state index is -4.58. The minimum Gasteiger partial charge on any atom is -0.287 e. The number of carbonyl (C=O) groups is 3. The highest BCUT2D eigenvalue weighted by atomic mass is 19.4. The Labute approximate surface area is 154 Å². The Morgan fingerprint density at radius 3 is 2.54 bits per heavy atom. The number of hydrogen-bond donors (Lipinski definition) is 2. The van der Waals surface area contributed by atoms with Crippen LogP contribution in [0.1, 0.15) is 21.7 Å². The Balaban J connectivity index is 1.97. The van der Waals surface area contributed by atoms with E-state index in [4.69, 9.17) is 0 Å². The largest absolute Gasteiger partial charge is 0.416 e. The van der Waals surface area contributed by atoms with E-state index in [9.17, 15) is 32.3 Å². The highest BCUT2D eigenvalue weighted by molar-refractivity contribution is 6.03. The molecule has 3 rings (SSSR count). The van der Waals surface area contributed by atoms with Crippen LogP contribution in [0.4, 0.5) is 18.0 Å². The van der Waals surface area contributed by atoms with Crippen LogP contribution >= 0.6 is 0 Å². The summed E-state index contributed by atoms with van der Waals surface area (Å²) in [5.74, 6) is -1.74. The molecule has 0 aliphatic carbocycles. The van der Waals surface area contributed by atoms with Crippen molar-refractivity contribution in [2.45, 2.75) is 13.1 Å². The second kappa shape index (κ2) is 6.79. The molecule has 2 N–H and O–H groups in total. The fourth-order valence-corrected chi connectivity index (χ4v) is 2.49. The molecule has 4 amide bonds. The molecule has 1 fully saturated rings. The maximum Gasteiger partial charge on any atom is 0.416 e. The van der Waals surface area contributed by atoms with E-state index in [0.29, 0.717) is 5.01 Å². The van der Waals surface area contributed by atoms with E-state index < -0.39 is 47.3 Å². The molecule has 1 saturated heterocycles. The molecule has 0 bridgehead atoms. The maximum absolute atomic E-state index is 12.9. The molecule has 1 aromatic carbocycles. The molecule has 2 heterocycles. The molecule has 1 aliphatic rings. The van der Waals surface area contributed by atoms with E-state index in [0.717, 1.165) is 28.9 Å². The number of aryl methyl sites for hydroxylation is 1. The SMILES string of the molecule is Cc1cc(=O)c(C(=O)NN2CC(=O)NC2=O)nn1-c1cccc(C(F)(F)F)c1. The van der Waals surface area contributed by atoms with Crippen LogP contribution in [0.2, 0.25) is 0 Å². The van der Waals surface area contributed by atoms with Gasteiger partial charge in [0, 0.05) is 11.8 Å². The van der Waals surface area contributed by atoms with Crippen LogP contribution in [0.15, 0.2) is 35.1 Å². The first-order chi connectivity index (χ1) is 13.1. The van der Waals surface area contributed by atoms with Crippen molar-refractivity contribution in [3.05, 3.63) is 57.5 Å². The number of alkyl halides is 3. The Kier molecular flexibility index (Phi) is 4.63. The molecule has 1 aromatic heterocycles. The third-order valence-corrected chi connectivity index (χ3v) is 3.77. The van der Waals surface area contributed by atoms with Gasteiger partial charge >= 0.3 is 12.2 Å². The second-order valence-corrected chi connectivity index (χ2v) is 5.84. The van der Waals surface area contributed by atoms with Crippen molar-refractivity contribution in [3.63, 3.8) is 0 Å². The van der Waals surface area contributed by atoms with Gasteiger partial charge in [-0.05, 0) is 25.1 Å². The van der Waals surface area contributed by atoms with Crippen LogP contribution in [-0.2, 0) is 11.0 Å². The number of aromatic nitrogens is 2. The molecule has 0 unspecified atom stereocenters. The summed E-state index contributed by atoms with van der Waals surface area (Å²) in [7, 11) is 0. The fraction of sp³-hybridized carbons (Fsp3) is 0.188. The van der Waals surface area contributed by atoms with Crippen LogP contribution in [0, 0.1) is 6.92 Å². The lowest BCUT2D eigenvalue weighted by Gasteiger charge is -2.16. The van der Waals surface area contributed by atoms with E-state index in [1.807, 2.05) is 5.32 Å². The van der Waals surface area contributed by atoms with Crippen molar-refractivity contribution in [2.75, 3.05) is 6.54 Å². The number of hydrazine groups is 1. The van der Waals surface area contributed by atoms with Crippen molar-refractivity contribution >= 4 is 17.8 Å². The van der Waals surface area contributed by atoms with Crippen molar-refractivity contribution in [1.82, 2.24) is 25.5 Å². The molecule has 0 radical (unpaired) electrons. The standard InChI is InChI=1S/C16H12F3N5O4/c1-8-5-11(25)13(14(27)22-23-7-12(26)20-15(23)28)21-24(8)10-4-2-3-9(6-10)16(17,18)19/h2-6H,7H2,1H3,(H,22,27)(H,20,26,28). The maximum atomic E-state index is 12.9. The van der Waals surface area contributed by atoms with Gasteiger partial charge in [-0.15, -0.1) is 0 Å². The molecule has 0 saturated carbocycles. The number of halogens is 3. The van der Waals surface area contributed by atoms with Crippen LogP contribution in [0.5, 0.6) is 0 Å². The van der Waals surface area contributed by atoms with Crippen molar-refractivity contribution in [1.29, 1.82) is 0 Å². The number of rotatable bonds is 3. The number of urea groups is 1. The quantitative estimate of drug-likeness (QED) is 0.745. The van der Waals surface area contributed by atoms with Crippen LogP contribution in [0.25, 0.3) is 5.69 Å². The third kappa shape index (κ3) is 3.70. The molecule has 146 valence electrons. The summed E-state index contributed by atoms with van der Waals surface area (Å²) in [4.78, 5) is 47.0. The molecular formula is C16H12F3N5O4. The van der Waals surface area contributed by atoms with Gasteiger partial charge in [0.2, 0.25) is 11.3 Å². The van der Waals surface area contributed by atoms with Crippen LogP contribution in [0.3, 0.4) is 0 Å². The lowest BCUT2D eigenvalue weighted by molar-refractivity contribution is -0.137. The monoisotopic (exact) mass is 395 g/mol. The number of carbonyl (C=O) groups excluding carboxylic acids is 3. The smallest absolute Gasteiger partial charge is 0.287 e. The van der Waals surface area contributed by atoms with Crippen LogP contribution < -0.4 is 16.2 Å². The Hall–Kier alpha value is -3.70. The Morgan fingerprint density at radius 1 is 1.21 bits per heavy atom. The highest BCUT2D eigenvalue weighted by Gasteiger charge is 2.31. The molecule has 12 heteroatoms. The van der Waals surface area contributed by atoms with Gasteiger partial charge in [0.25, 0.3) is 5.91 Å². The first kappa shape index (κ1) is 19.1. The predicted molar refractivity (Wildman–Crippen MR) is 87.3 cm³/mol. The summed E-state index contributed by atoms with van der Waals surface area (Å²) < 4.78 is 39.8. The minimum absolute atomic E-state index is 0.0181. The summed E-state index contributed by atoms with van der Waals surface area (Å²) in [5.41, 5.74) is -0.159. The zero-order valence-corrected chi connectivity index (χ0v) is 14.2. The zero-order valence-electron chi connectivity index (χ0n) is 14.2. The van der Waals surface area contributed by atoms with E-state index in [-0.39, 0.29) is 11.4 Å². The second-order valence-electron chi connectivity index (χ2n) is 5.84. The molecular weight excluding hydrogens is 383 g/mol. The average molecular weight is 395 g/mol. The number of nitrogens with one attached hydrogen (secondary N) is 2. The van der Waals surface area contributed by atoms with Gasteiger partial charge < -0.3 is 0 Å². The van der Waals surface area contributed by atoms with E-state index in [2.05, 4.69) is 10.5 Å². The lowest BCUT2D eigenvalue weighted by atomic mass is 10.2. The van der Waals surface area contributed by atoms with Gasteiger partial charge in [0.15, 0.2) is 5.69 Å². The van der Waals surface area contributed by atoms with E-state index in [1.54, 1.807) is 0 Å². The van der Waals surface area contributed by atoms with Gasteiger partial charge in [-0.3, -0.25) is 25.1 Å². The zero-order chi connectivity index (χ0) is 20.6. The summed E-state index contributed by atoms with van der Waals surface area (Å²) in [5, 5.41) is 6.41. The van der Waals surface area contributed by atoms with E-state index in [1.165, 1.54) is 13.0 Å². The Morgan fingerprint density at radius 2 is 1.93 bits per heavy atom. The van der Waals surface area contributed by atoms with Crippen molar-refractivity contribution in [2.24, 2.45) is 0 Å². The predicted octanol–water partition coefficient (Wildman–Crippen LogP) is 0.756. The summed E-state index contributed by atoms with van der Waals surface area (Å²) in [6.07, 6.45) is -4.58. The van der Waals surface area contributed by atoms with Gasteiger partial charge in [-0.1, -0.05) is 6.07 Å². The van der Waals surface area contributed by atoms with Crippen molar-refractivity contribution in [3.8, 4) is 5.69 Å². The fourth-order valence-electron chi connectivity index (χ4n) is 2.49. The molecule has 1 aliphatic heterocycles. The summed E-state index contributed by atoms with van der Waals surface area (Å²) in [6, 6.07) is 4.32. The first-order valence-electron chi connectivity index (χ1n) is 7.77. The number of hydrogen-bond acceptors (Lipinski definition) is 5. The number of benzene rings is 1. The molecule has 0 atom stereocenters. The van der Waals surface area contributed by atoms with Gasteiger partial charge in [0.05, 0.1) is 11.3 Å². The van der Waals surface area contributed by atoms with Crippen molar-refractivity contribution < 1.29 is 27.6 Å². The molecule has 28 heavy (non-hydrogen) atoms. The third-order valence-electron chi connectivity index (χ3n) is 3.77. The van der Waals surface area contributed by atoms with Gasteiger partial charge in [0.1, 0.15) is 6.54 Å². The van der Waals surface area contributed by atoms with Gasteiger partial charge in [-0.25, -0.2) is 14.5 Å². The first-order valence-corrected chi connectivity index (χ1v) is 7.77. The number of imide groups is 1.